The van der Waals surface area contributed by atoms with Crippen molar-refractivity contribution in [2.24, 2.45) is 0 Å². The number of benzene rings is 5. The Hall–Kier alpha value is -4.76. The highest BCUT2D eigenvalue weighted by molar-refractivity contribution is 5.85. The smallest absolute Gasteiger partial charge is 0.150 e. The van der Waals surface area contributed by atoms with E-state index in [0.29, 0.717) is 5.56 Å². The number of aromatic nitrogens is 2. The number of hydrogen-bond acceptors (Lipinski definition) is 2. The second-order valence-corrected chi connectivity index (χ2v) is 8.87. The molecule has 0 bridgehead atoms. The second-order valence-electron chi connectivity index (χ2n) is 8.87. The summed E-state index contributed by atoms with van der Waals surface area (Å²) in [6.45, 7) is 0. The van der Waals surface area contributed by atoms with Crippen LogP contribution < -0.4 is 0 Å². The maximum Gasteiger partial charge on any atom is 0.150 e. The molecule has 1 aromatic heterocycles. The van der Waals surface area contributed by atoms with Crippen molar-refractivity contribution in [2.45, 2.75) is 5.54 Å². The van der Waals surface area contributed by atoms with Crippen LogP contribution in [-0.4, -0.2) is 15.8 Å². The van der Waals surface area contributed by atoms with Gasteiger partial charge in [0.15, 0.2) is 0 Å². The summed E-state index contributed by atoms with van der Waals surface area (Å²) in [5.74, 6) is 0. The largest absolute Gasteiger partial charge is 0.312 e. The molecule has 3 heteroatoms. The van der Waals surface area contributed by atoms with E-state index in [1.807, 2.05) is 48.8 Å². The van der Waals surface area contributed by atoms with Gasteiger partial charge in [-0.05, 0) is 46.0 Å². The van der Waals surface area contributed by atoms with Crippen molar-refractivity contribution < 1.29 is 4.79 Å². The Labute approximate surface area is 210 Å². The summed E-state index contributed by atoms with van der Waals surface area (Å²) in [5, 5.41) is 0. The lowest BCUT2D eigenvalue weighted by molar-refractivity contribution is 0.112. The van der Waals surface area contributed by atoms with E-state index in [0.717, 1.165) is 45.1 Å². The van der Waals surface area contributed by atoms with Gasteiger partial charge in [-0.3, -0.25) is 4.79 Å². The van der Waals surface area contributed by atoms with Crippen LogP contribution in [0.5, 0.6) is 0 Å². The quantitative estimate of drug-likeness (QED) is 0.191. The van der Waals surface area contributed by atoms with E-state index in [9.17, 15) is 4.79 Å². The first kappa shape index (κ1) is 21.8. The Bertz CT molecular complexity index is 1540. The second kappa shape index (κ2) is 9.12. The number of fused-ring (bicyclic) bond motifs is 1. The predicted molar refractivity (Wildman–Crippen MR) is 145 cm³/mol. The fraction of sp³-hybridized carbons (Fsp3) is 0.0303. The van der Waals surface area contributed by atoms with Crippen molar-refractivity contribution in [3.05, 3.63) is 162 Å². The van der Waals surface area contributed by atoms with E-state index in [1.54, 1.807) is 0 Å². The third kappa shape index (κ3) is 3.53. The zero-order chi connectivity index (χ0) is 24.4. The van der Waals surface area contributed by atoms with Crippen molar-refractivity contribution in [3.8, 4) is 11.1 Å². The van der Waals surface area contributed by atoms with Crippen molar-refractivity contribution in [1.29, 1.82) is 0 Å². The first-order valence-corrected chi connectivity index (χ1v) is 12.0. The molecule has 0 aliphatic carbocycles. The molecule has 0 atom stereocenters. The highest BCUT2D eigenvalue weighted by Crippen LogP contribution is 2.42. The molecule has 172 valence electrons. The first-order valence-electron chi connectivity index (χ1n) is 12.0. The lowest BCUT2D eigenvalue weighted by Crippen LogP contribution is -2.37. The highest BCUT2D eigenvalue weighted by atomic mass is 16.1. The van der Waals surface area contributed by atoms with Crippen molar-refractivity contribution in [3.63, 3.8) is 0 Å². The van der Waals surface area contributed by atoms with Crippen LogP contribution in [0.4, 0.5) is 0 Å². The van der Waals surface area contributed by atoms with Gasteiger partial charge in [-0.25, -0.2) is 4.98 Å². The lowest BCUT2D eigenvalue weighted by Gasteiger charge is -2.38. The number of carbonyl (C=O) groups excluding carboxylic acids is 1. The molecule has 1 heterocycles. The Morgan fingerprint density at radius 2 is 1.14 bits per heavy atom. The number of imidazole rings is 1. The number of rotatable bonds is 6. The minimum Gasteiger partial charge on any atom is -0.312 e. The molecule has 0 aliphatic rings. The van der Waals surface area contributed by atoms with Gasteiger partial charge in [0.2, 0.25) is 0 Å². The molecule has 0 saturated carbocycles. The van der Waals surface area contributed by atoms with E-state index < -0.39 is 5.54 Å². The molecule has 6 rings (SSSR count). The SMILES string of the molecule is O=Cc1cccc(-c2ccc3ncn(C(c4ccccc4)(c4ccccc4)c4ccccc4)c3c2)c1. The molecule has 5 aromatic carbocycles. The summed E-state index contributed by atoms with van der Waals surface area (Å²) in [5.41, 5.74) is 7.43. The van der Waals surface area contributed by atoms with Crippen molar-refractivity contribution >= 4 is 17.3 Å². The van der Waals surface area contributed by atoms with Gasteiger partial charge in [0.05, 0.1) is 17.4 Å². The molecular weight excluding hydrogens is 440 g/mol. The first-order chi connectivity index (χ1) is 17.8. The number of nitrogens with zero attached hydrogens (tertiary/aromatic N) is 2. The Balaban J connectivity index is 1.70. The van der Waals surface area contributed by atoms with Crippen LogP contribution in [0.15, 0.2) is 140 Å². The predicted octanol–water partition coefficient (Wildman–Crippen LogP) is 7.36. The topological polar surface area (TPSA) is 34.9 Å². The molecule has 0 amide bonds. The van der Waals surface area contributed by atoms with E-state index in [4.69, 9.17) is 4.98 Å². The number of carbonyl (C=O) groups is 1. The Morgan fingerprint density at radius 1 is 0.583 bits per heavy atom. The summed E-state index contributed by atoms with van der Waals surface area (Å²) < 4.78 is 2.29. The van der Waals surface area contributed by atoms with Gasteiger partial charge in [0.25, 0.3) is 0 Å². The van der Waals surface area contributed by atoms with E-state index in [-0.39, 0.29) is 0 Å². The zero-order valence-corrected chi connectivity index (χ0v) is 19.7. The van der Waals surface area contributed by atoms with Crippen LogP contribution in [0, 0.1) is 0 Å². The van der Waals surface area contributed by atoms with E-state index in [1.165, 1.54) is 0 Å². The summed E-state index contributed by atoms with van der Waals surface area (Å²) in [7, 11) is 0. The standard InChI is InChI=1S/C33H24N2O/c36-23-25-11-10-12-26(21-25)27-19-20-31-32(22-27)35(24-34-31)33(28-13-4-1-5-14-28,29-15-6-2-7-16-29)30-17-8-3-9-18-30/h1-24H. The zero-order valence-electron chi connectivity index (χ0n) is 19.7. The van der Waals surface area contributed by atoms with Crippen LogP contribution in [0.2, 0.25) is 0 Å². The average Bonchev–Trinajstić information content (AvgIpc) is 3.39. The highest BCUT2D eigenvalue weighted by Gasteiger charge is 2.39. The maximum atomic E-state index is 11.4. The van der Waals surface area contributed by atoms with Crippen LogP contribution >= 0.6 is 0 Å². The van der Waals surface area contributed by atoms with Gasteiger partial charge in [-0.2, -0.15) is 0 Å². The van der Waals surface area contributed by atoms with Crippen molar-refractivity contribution in [2.75, 3.05) is 0 Å². The molecular formula is C33H24N2O. The lowest BCUT2D eigenvalue weighted by atomic mass is 9.76. The van der Waals surface area contributed by atoms with Gasteiger partial charge < -0.3 is 4.57 Å². The minimum atomic E-state index is -0.637. The third-order valence-electron chi connectivity index (χ3n) is 6.84. The molecule has 36 heavy (non-hydrogen) atoms. The molecule has 0 aliphatic heterocycles. The summed E-state index contributed by atoms with van der Waals surface area (Å²) in [6, 6.07) is 45.8. The molecule has 3 nitrogen and oxygen atoms in total. The fourth-order valence-electron chi connectivity index (χ4n) is 5.20. The van der Waals surface area contributed by atoms with Gasteiger partial charge in [-0.1, -0.05) is 115 Å². The minimum absolute atomic E-state index is 0.637. The summed E-state index contributed by atoms with van der Waals surface area (Å²) in [4.78, 5) is 16.2. The fourth-order valence-corrected chi connectivity index (χ4v) is 5.20. The number of hydrogen-bond donors (Lipinski definition) is 0. The van der Waals surface area contributed by atoms with Gasteiger partial charge >= 0.3 is 0 Å². The van der Waals surface area contributed by atoms with E-state index in [2.05, 4.69) is 95.6 Å². The number of aldehydes is 1. The van der Waals surface area contributed by atoms with Crippen LogP contribution in [0.3, 0.4) is 0 Å². The van der Waals surface area contributed by atoms with Crippen LogP contribution in [-0.2, 0) is 5.54 Å². The monoisotopic (exact) mass is 464 g/mol. The molecule has 0 radical (unpaired) electrons. The summed E-state index contributed by atoms with van der Waals surface area (Å²) in [6.07, 6.45) is 2.83. The third-order valence-corrected chi connectivity index (χ3v) is 6.84. The molecule has 0 spiro atoms. The summed E-state index contributed by atoms with van der Waals surface area (Å²) >= 11 is 0. The normalized spacial score (nSPS) is 11.4. The van der Waals surface area contributed by atoms with Gasteiger partial charge in [0, 0.05) is 5.56 Å². The molecule has 0 unspecified atom stereocenters. The van der Waals surface area contributed by atoms with Crippen LogP contribution in [0.25, 0.3) is 22.2 Å². The maximum absolute atomic E-state index is 11.4. The molecule has 0 fully saturated rings. The van der Waals surface area contributed by atoms with Gasteiger partial charge in [0.1, 0.15) is 11.8 Å². The molecule has 0 saturated heterocycles. The molecule has 0 N–H and O–H groups in total. The van der Waals surface area contributed by atoms with Crippen LogP contribution in [0.1, 0.15) is 27.0 Å². The Morgan fingerprint density at radius 3 is 1.69 bits per heavy atom. The average molecular weight is 465 g/mol. The Kier molecular flexibility index (Phi) is 5.51. The van der Waals surface area contributed by atoms with E-state index >= 15 is 0 Å². The molecule has 6 aromatic rings. The van der Waals surface area contributed by atoms with Crippen molar-refractivity contribution in [1.82, 2.24) is 9.55 Å². The van der Waals surface area contributed by atoms with Gasteiger partial charge in [-0.15, -0.1) is 0 Å².